The summed E-state index contributed by atoms with van der Waals surface area (Å²) < 4.78 is 72.9. The molecule has 3 nitrogen and oxygen atoms in total. The highest BCUT2D eigenvalue weighted by molar-refractivity contribution is 5.92. The molecule has 29 heavy (non-hydrogen) atoms. The third-order valence-electron chi connectivity index (χ3n) is 4.83. The molecule has 0 radical (unpaired) electrons. The molecule has 0 amide bonds. The van der Waals surface area contributed by atoms with Gasteiger partial charge in [0, 0.05) is 18.4 Å². The van der Waals surface area contributed by atoms with E-state index in [1.54, 1.807) is 55.6 Å². The predicted molar refractivity (Wildman–Crippen MR) is 94.7 cm³/mol. The zero-order valence-corrected chi connectivity index (χ0v) is 14.8. The molecule has 0 aliphatic carbocycles. The largest absolute Gasteiger partial charge is 0.419 e. The molecule has 0 N–H and O–H groups in total. The Bertz CT molecular complexity index is 1070. The van der Waals surface area contributed by atoms with Gasteiger partial charge in [-0.2, -0.15) is 8.78 Å². The molecule has 0 spiro atoms. The van der Waals surface area contributed by atoms with Crippen molar-refractivity contribution in [2.75, 3.05) is 11.9 Å². The summed E-state index contributed by atoms with van der Waals surface area (Å²) in [4.78, 5) is 14.7. The number of esters is 1. The van der Waals surface area contributed by atoms with Crippen LogP contribution in [0.3, 0.4) is 0 Å². The Labute approximate surface area is 161 Å². The van der Waals surface area contributed by atoms with E-state index in [1.807, 2.05) is 4.90 Å². The topological polar surface area (TPSA) is 29.5 Å². The molecule has 1 heterocycles. The van der Waals surface area contributed by atoms with E-state index < -0.39 is 46.7 Å². The smallest absolute Gasteiger partial charge is 0.323 e. The third kappa shape index (κ3) is 2.83. The standard InChI is InChI=1S/C21H12F5NO2/c1-27-12-8-4-2-6-10(12)14(11-7-3-5-9-13(11)27)21(28)29-20-18(25)16(23)15(22)17(24)19(20)26/h2-9,14H,1H3. The highest BCUT2D eigenvalue weighted by atomic mass is 19.2. The maximum atomic E-state index is 14.0. The second-order valence-corrected chi connectivity index (χ2v) is 6.43. The molecule has 3 aromatic carbocycles. The van der Waals surface area contributed by atoms with Gasteiger partial charge in [0.25, 0.3) is 0 Å². The molecular weight excluding hydrogens is 393 g/mol. The van der Waals surface area contributed by atoms with Gasteiger partial charge in [-0.1, -0.05) is 36.4 Å². The van der Waals surface area contributed by atoms with Crippen LogP contribution in [0.2, 0.25) is 0 Å². The first-order valence-electron chi connectivity index (χ1n) is 8.47. The Kier molecular flexibility index (Phi) is 4.49. The Morgan fingerprint density at radius 1 is 0.759 bits per heavy atom. The van der Waals surface area contributed by atoms with Gasteiger partial charge in [0.15, 0.2) is 0 Å². The minimum absolute atomic E-state index is 0.475. The molecule has 4 rings (SSSR count). The number of hydrogen-bond donors (Lipinski definition) is 0. The summed E-state index contributed by atoms with van der Waals surface area (Å²) in [6.45, 7) is 0. The molecule has 0 aromatic heterocycles. The molecule has 0 atom stereocenters. The average Bonchev–Trinajstić information content (AvgIpc) is 2.74. The number of fused-ring (bicyclic) bond motifs is 2. The van der Waals surface area contributed by atoms with Gasteiger partial charge in [0.1, 0.15) is 5.92 Å². The normalized spacial score (nSPS) is 13.1. The minimum Gasteiger partial charge on any atom is -0.419 e. The summed E-state index contributed by atoms with van der Waals surface area (Å²) in [7, 11) is 1.78. The van der Waals surface area contributed by atoms with Crippen LogP contribution in [0.1, 0.15) is 17.0 Å². The van der Waals surface area contributed by atoms with Gasteiger partial charge in [-0.3, -0.25) is 4.79 Å². The van der Waals surface area contributed by atoms with Crippen LogP contribution < -0.4 is 9.64 Å². The lowest BCUT2D eigenvalue weighted by atomic mass is 9.85. The van der Waals surface area contributed by atoms with E-state index in [0.717, 1.165) is 0 Å². The first-order chi connectivity index (χ1) is 13.8. The maximum Gasteiger partial charge on any atom is 0.323 e. The lowest BCUT2D eigenvalue weighted by molar-refractivity contribution is -0.135. The van der Waals surface area contributed by atoms with E-state index in [4.69, 9.17) is 4.74 Å². The summed E-state index contributed by atoms with van der Waals surface area (Å²) in [5, 5.41) is 0. The van der Waals surface area contributed by atoms with Gasteiger partial charge in [0.05, 0.1) is 0 Å². The zero-order valence-electron chi connectivity index (χ0n) is 14.8. The van der Waals surface area contributed by atoms with E-state index in [9.17, 15) is 26.7 Å². The SMILES string of the molecule is CN1c2ccccc2C(C(=O)Oc2c(F)c(F)c(F)c(F)c2F)c2ccccc21. The van der Waals surface area contributed by atoms with E-state index in [2.05, 4.69) is 0 Å². The van der Waals surface area contributed by atoms with Crippen molar-refractivity contribution in [3.05, 3.63) is 88.7 Å². The van der Waals surface area contributed by atoms with Crippen molar-refractivity contribution in [1.29, 1.82) is 0 Å². The fourth-order valence-electron chi connectivity index (χ4n) is 3.46. The molecule has 1 aliphatic heterocycles. The number of ether oxygens (including phenoxy) is 1. The number of benzene rings is 3. The van der Waals surface area contributed by atoms with E-state index in [1.165, 1.54) is 0 Å². The van der Waals surface area contributed by atoms with E-state index in [-0.39, 0.29) is 0 Å². The fraction of sp³-hybridized carbons (Fsp3) is 0.0952. The van der Waals surface area contributed by atoms with E-state index >= 15 is 0 Å². The average molecular weight is 405 g/mol. The van der Waals surface area contributed by atoms with Crippen molar-refractivity contribution in [3.8, 4) is 5.75 Å². The highest BCUT2D eigenvalue weighted by Crippen LogP contribution is 2.45. The van der Waals surface area contributed by atoms with Crippen molar-refractivity contribution in [3.63, 3.8) is 0 Å². The Balaban J connectivity index is 1.83. The van der Waals surface area contributed by atoms with Crippen molar-refractivity contribution in [1.82, 2.24) is 0 Å². The molecule has 0 bridgehead atoms. The van der Waals surface area contributed by atoms with Gasteiger partial charge in [-0.25, -0.2) is 13.2 Å². The predicted octanol–water partition coefficient (Wildman–Crippen LogP) is 5.20. The first kappa shape index (κ1) is 18.9. The quantitative estimate of drug-likeness (QED) is 0.193. The summed E-state index contributed by atoms with van der Waals surface area (Å²) in [5.41, 5.74) is 2.24. The fourth-order valence-corrected chi connectivity index (χ4v) is 3.46. The Morgan fingerprint density at radius 2 is 1.17 bits per heavy atom. The molecule has 8 heteroatoms. The summed E-state index contributed by atoms with van der Waals surface area (Å²) in [6.07, 6.45) is 0. The molecule has 0 saturated heterocycles. The number of carbonyl (C=O) groups is 1. The number of para-hydroxylation sites is 2. The van der Waals surface area contributed by atoms with Gasteiger partial charge < -0.3 is 9.64 Å². The number of halogens is 5. The van der Waals surface area contributed by atoms with Crippen LogP contribution in [0.15, 0.2) is 48.5 Å². The van der Waals surface area contributed by atoms with Gasteiger partial charge in [0.2, 0.25) is 34.8 Å². The molecular formula is C21H12F5NO2. The van der Waals surface area contributed by atoms with Crippen LogP contribution >= 0.6 is 0 Å². The van der Waals surface area contributed by atoms with Gasteiger partial charge in [-0.05, 0) is 23.3 Å². The third-order valence-corrected chi connectivity index (χ3v) is 4.83. The first-order valence-corrected chi connectivity index (χ1v) is 8.47. The lowest BCUT2D eigenvalue weighted by Crippen LogP contribution is -2.29. The number of rotatable bonds is 2. The summed E-state index contributed by atoms with van der Waals surface area (Å²) >= 11 is 0. The van der Waals surface area contributed by atoms with Crippen molar-refractivity contribution < 1.29 is 31.5 Å². The molecule has 0 unspecified atom stereocenters. The highest BCUT2D eigenvalue weighted by Gasteiger charge is 2.37. The minimum atomic E-state index is -2.32. The molecule has 148 valence electrons. The van der Waals surface area contributed by atoms with Gasteiger partial charge in [-0.15, -0.1) is 0 Å². The van der Waals surface area contributed by atoms with Gasteiger partial charge >= 0.3 is 5.97 Å². The van der Waals surface area contributed by atoms with Crippen molar-refractivity contribution in [2.24, 2.45) is 0 Å². The monoisotopic (exact) mass is 405 g/mol. The second-order valence-electron chi connectivity index (χ2n) is 6.43. The number of anilines is 2. The Hall–Kier alpha value is -3.42. The molecule has 0 saturated carbocycles. The van der Waals surface area contributed by atoms with Crippen LogP contribution in [-0.2, 0) is 4.79 Å². The second kappa shape index (κ2) is 6.88. The van der Waals surface area contributed by atoms with Crippen molar-refractivity contribution in [2.45, 2.75) is 5.92 Å². The summed E-state index contributed by atoms with van der Waals surface area (Å²) in [6, 6.07) is 13.6. The van der Waals surface area contributed by atoms with Crippen LogP contribution in [0.25, 0.3) is 0 Å². The summed E-state index contributed by atoms with van der Waals surface area (Å²) in [5.74, 6) is -15.0. The molecule has 0 fully saturated rings. The van der Waals surface area contributed by atoms with Crippen LogP contribution in [0.4, 0.5) is 33.3 Å². The molecule has 1 aliphatic rings. The van der Waals surface area contributed by atoms with Crippen LogP contribution in [0, 0.1) is 29.1 Å². The van der Waals surface area contributed by atoms with Crippen LogP contribution in [0.5, 0.6) is 5.75 Å². The number of nitrogens with zero attached hydrogens (tertiary/aromatic N) is 1. The number of carbonyl (C=O) groups excluding carboxylic acids is 1. The zero-order chi connectivity index (χ0) is 20.9. The maximum absolute atomic E-state index is 14.0. The molecule has 3 aromatic rings. The lowest BCUT2D eigenvalue weighted by Gasteiger charge is -2.34. The van der Waals surface area contributed by atoms with E-state index in [0.29, 0.717) is 22.5 Å². The number of hydrogen-bond acceptors (Lipinski definition) is 3. The van der Waals surface area contributed by atoms with Crippen LogP contribution in [-0.4, -0.2) is 13.0 Å². The Morgan fingerprint density at radius 3 is 1.66 bits per heavy atom. The van der Waals surface area contributed by atoms with Crippen molar-refractivity contribution >= 4 is 17.3 Å².